The second kappa shape index (κ2) is 14.7. The maximum atomic E-state index is 13.3. The van der Waals surface area contributed by atoms with Gasteiger partial charge in [-0.1, -0.05) is 40.0 Å². The third-order valence-corrected chi connectivity index (χ3v) is 3.88. The van der Waals surface area contributed by atoms with Gasteiger partial charge in [-0.3, -0.25) is 0 Å². The summed E-state index contributed by atoms with van der Waals surface area (Å²) < 4.78 is 54.6. The van der Waals surface area contributed by atoms with Gasteiger partial charge in [-0.05, 0) is 0 Å². The molecule has 0 heterocycles. The van der Waals surface area contributed by atoms with Crippen molar-refractivity contribution in [2.24, 2.45) is 0 Å². The van der Waals surface area contributed by atoms with E-state index < -0.39 is 34.2 Å². The molecule has 3 nitrogen and oxygen atoms in total. The Kier molecular flexibility index (Phi) is 17.0. The average molecular weight is 308 g/mol. The predicted molar refractivity (Wildman–Crippen MR) is 69.5 cm³/mol. The van der Waals surface area contributed by atoms with Crippen LogP contribution < -0.4 is 18.9 Å². The maximum Gasteiger partial charge on any atom is 1.00 e. The summed E-state index contributed by atoms with van der Waals surface area (Å²) in [6.45, 7) is 5.37. The molecule has 0 spiro atoms. The van der Waals surface area contributed by atoms with Gasteiger partial charge in [0.2, 0.25) is 0 Å². The van der Waals surface area contributed by atoms with E-state index in [1.165, 1.54) is 0 Å². The van der Waals surface area contributed by atoms with Gasteiger partial charge >= 0.3 is 34.0 Å². The van der Waals surface area contributed by atoms with Crippen LogP contribution in [0.2, 0.25) is 0 Å². The van der Waals surface area contributed by atoms with Gasteiger partial charge in [0, 0.05) is 19.3 Å². The zero-order chi connectivity index (χ0) is 14.7. The average Bonchev–Trinajstić information content (AvgIpc) is 2.29. The van der Waals surface area contributed by atoms with Crippen molar-refractivity contribution in [1.82, 2.24) is 0 Å². The Balaban J connectivity index is -0.00000162. The molecule has 0 bridgehead atoms. The zero-order valence-corrected chi connectivity index (χ0v) is 14.1. The molecule has 0 aliphatic carbocycles. The standard InChI is InChI=1S/3C4H8FO.Al.Li.H/c3*1-2-3-4(5)6;;;/h3*4H,2-3H2,1H3;;;/q3*-1;+3;+1;-1. The van der Waals surface area contributed by atoms with E-state index in [-0.39, 0.29) is 39.5 Å². The molecule has 0 saturated heterocycles. The molecule has 20 heavy (non-hydrogen) atoms. The van der Waals surface area contributed by atoms with Crippen molar-refractivity contribution in [3.63, 3.8) is 0 Å². The Morgan fingerprint density at radius 2 is 1.00 bits per heavy atom. The van der Waals surface area contributed by atoms with Crippen LogP contribution >= 0.6 is 0 Å². The molecule has 0 aliphatic rings. The molecule has 0 amide bonds. The summed E-state index contributed by atoms with van der Waals surface area (Å²) in [6.07, 6.45) is -2.58. The number of hydrogen-bond donors (Lipinski definition) is 0. The van der Waals surface area contributed by atoms with E-state index in [1.807, 2.05) is 0 Å². The van der Waals surface area contributed by atoms with Crippen molar-refractivity contribution >= 4 is 15.1 Å². The van der Waals surface area contributed by atoms with Crippen LogP contribution in [-0.2, 0) is 11.4 Å². The Labute approximate surface area is 138 Å². The fraction of sp³-hybridized carbons (Fsp3) is 1.00. The minimum Gasteiger partial charge on any atom is -1.00 e. The van der Waals surface area contributed by atoms with Crippen molar-refractivity contribution in [2.75, 3.05) is 0 Å². The van der Waals surface area contributed by atoms with E-state index in [2.05, 4.69) is 0 Å². The molecule has 0 saturated carbocycles. The molecule has 0 aromatic heterocycles. The summed E-state index contributed by atoms with van der Waals surface area (Å²) in [4.78, 5) is 0. The van der Waals surface area contributed by atoms with E-state index in [1.54, 1.807) is 20.8 Å². The molecule has 0 rings (SSSR count). The van der Waals surface area contributed by atoms with Crippen molar-refractivity contribution < 1.29 is 44.8 Å². The zero-order valence-electron chi connectivity index (χ0n) is 13.9. The fourth-order valence-electron chi connectivity index (χ4n) is 1.34. The predicted octanol–water partition coefficient (Wildman–Crippen LogP) is 1.42. The van der Waals surface area contributed by atoms with Crippen LogP contribution in [0.4, 0.5) is 13.2 Å². The molecule has 3 atom stereocenters. The molecule has 0 aliphatic heterocycles. The van der Waals surface area contributed by atoms with Gasteiger partial charge in [-0.2, -0.15) is 0 Å². The number of alkyl halides is 3. The quantitative estimate of drug-likeness (QED) is 0.511. The minimum absolute atomic E-state index is 0. The summed E-state index contributed by atoms with van der Waals surface area (Å²) in [5, 5.41) is 0. The van der Waals surface area contributed by atoms with Gasteiger partial charge in [0.25, 0.3) is 0 Å². The van der Waals surface area contributed by atoms with Crippen LogP contribution in [0.3, 0.4) is 0 Å². The van der Waals surface area contributed by atoms with E-state index in [0.29, 0.717) is 19.3 Å². The van der Waals surface area contributed by atoms with Gasteiger partial charge in [0.1, 0.15) is 0 Å². The van der Waals surface area contributed by atoms with Crippen molar-refractivity contribution in [3.8, 4) is 0 Å². The van der Waals surface area contributed by atoms with E-state index >= 15 is 0 Å². The van der Waals surface area contributed by atoms with Gasteiger partial charge in [-0.25, -0.2) is 13.2 Å². The van der Waals surface area contributed by atoms with Crippen LogP contribution in [0.25, 0.3) is 0 Å². The Hall–Kier alpha value is 0.800. The van der Waals surface area contributed by atoms with Crippen LogP contribution in [0.5, 0.6) is 0 Å². The van der Waals surface area contributed by atoms with E-state index in [9.17, 15) is 13.2 Å². The first-order chi connectivity index (χ1) is 9.03. The maximum absolute atomic E-state index is 13.3. The molecule has 3 unspecified atom stereocenters. The van der Waals surface area contributed by atoms with Crippen molar-refractivity contribution in [3.05, 3.63) is 0 Å². The number of halogens is 3. The molecule has 0 aromatic carbocycles. The third-order valence-electron chi connectivity index (χ3n) is 2.32. The summed E-state index contributed by atoms with van der Waals surface area (Å²) in [6, 6.07) is 0. The van der Waals surface area contributed by atoms with E-state index in [4.69, 9.17) is 11.4 Å². The van der Waals surface area contributed by atoms with Crippen LogP contribution in [0.15, 0.2) is 0 Å². The molecular weight excluding hydrogens is 283 g/mol. The van der Waals surface area contributed by atoms with Crippen molar-refractivity contribution in [1.29, 1.82) is 0 Å². The Bertz CT molecular complexity index is 191. The van der Waals surface area contributed by atoms with E-state index in [0.717, 1.165) is 0 Å². The summed E-state index contributed by atoms with van der Waals surface area (Å²) in [5.74, 6) is 0. The summed E-state index contributed by atoms with van der Waals surface area (Å²) >= 11 is -3.13. The molecule has 8 heteroatoms. The van der Waals surface area contributed by atoms with Crippen molar-refractivity contribution in [2.45, 2.75) is 78.4 Å². The molecular formula is C12H25AlF3LiO3. The SMILES string of the molecule is CCCC(F)[O][Al]([O]C(F)CCC)[O]C(F)CCC.[H-].[Li+]. The normalized spacial score (nSPS) is 15.3. The molecule has 0 aromatic rings. The second-order valence-corrected chi connectivity index (χ2v) is 5.69. The largest absolute Gasteiger partial charge is 1.00 e. The number of hydrogen-bond acceptors (Lipinski definition) is 3. The van der Waals surface area contributed by atoms with Gasteiger partial charge < -0.3 is 12.8 Å². The molecule has 0 radical (unpaired) electrons. The second-order valence-electron chi connectivity index (χ2n) is 4.29. The van der Waals surface area contributed by atoms with Gasteiger partial charge in [0.05, 0.1) is 0 Å². The van der Waals surface area contributed by atoms with Crippen LogP contribution in [0, 0.1) is 0 Å². The smallest absolute Gasteiger partial charge is 1.00 e. The summed E-state index contributed by atoms with van der Waals surface area (Å²) in [7, 11) is 0. The third kappa shape index (κ3) is 12.5. The fourth-order valence-corrected chi connectivity index (χ4v) is 2.67. The Morgan fingerprint density at radius 3 is 1.20 bits per heavy atom. The first kappa shape index (κ1) is 23.1. The molecule has 116 valence electrons. The van der Waals surface area contributed by atoms with Crippen LogP contribution in [-0.4, -0.2) is 34.2 Å². The Morgan fingerprint density at radius 1 is 0.750 bits per heavy atom. The minimum atomic E-state index is -3.13. The van der Waals surface area contributed by atoms with Gasteiger partial charge in [-0.15, -0.1) is 0 Å². The van der Waals surface area contributed by atoms with Crippen LogP contribution in [0.1, 0.15) is 60.7 Å². The number of rotatable bonds is 12. The molecule has 0 N–H and O–H groups in total. The first-order valence-electron chi connectivity index (χ1n) is 6.91. The first-order valence-corrected chi connectivity index (χ1v) is 8.33. The molecule has 0 fully saturated rings. The summed E-state index contributed by atoms with van der Waals surface area (Å²) in [5.41, 5.74) is 0. The monoisotopic (exact) mass is 308 g/mol. The topological polar surface area (TPSA) is 27.7 Å². The van der Waals surface area contributed by atoms with Gasteiger partial charge in [0.15, 0.2) is 19.1 Å².